The van der Waals surface area contributed by atoms with Gasteiger partial charge in [0.15, 0.2) is 0 Å². The zero-order valence-corrected chi connectivity index (χ0v) is 17.3. The van der Waals surface area contributed by atoms with Gasteiger partial charge < -0.3 is 4.74 Å². The van der Waals surface area contributed by atoms with E-state index in [4.69, 9.17) is 4.74 Å². The van der Waals surface area contributed by atoms with Crippen molar-refractivity contribution in [3.63, 3.8) is 0 Å². The van der Waals surface area contributed by atoms with Crippen LogP contribution in [0.15, 0.2) is 48.6 Å². The summed E-state index contributed by atoms with van der Waals surface area (Å²) in [5.41, 5.74) is 0. The minimum Gasteiger partial charge on any atom is -0.463 e. The second-order valence-corrected chi connectivity index (χ2v) is 6.69. The van der Waals surface area contributed by atoms with Crippen molar-refractivity contribution in [2.75, 3.05) is 0 Å². The number of rotatable bonds is 16. The van der Waals surface area contributed by atoms with Crippen molar-refractivity contribution in [1.82, 2.24) is 0 Å². The SMILES string of the molecule is CCCCCC=CCC=CCC=CCC=CCCCC(=O)OC(C)CC. The summed E-state index contributed by atoms with van der Waals surface area (Å²) in [5.74, 6) is -0.0739. The molecule has 0 aliphatic heterocycles. The van der Waals surface area contributed by atoms with Crippen LogP contribution in [0, 0.1) is 0 Å². The fourth-order valence-corrected chi connectivity index (χ4v) is 2.29. The first-order chi connectivity index (χ1) is 12.7. The Morgan fingerprint density at radius 2 is 1.27 bits per heavy atom. The number of hydrogen-bond acceptors (Lipinski definition) is 2. The summed E-state index contributed by atoms with van der Waals surface area (Å²) in [5, 5.41) is 0. The molecule has 0 aromatic rings. The number of esters is 1. The number of carbonyl (C=O) groups is 1. The second kappa shape index (κ2) is 19.8. The van der Waals surface area contributed by atoms with Gasteiger partial charge in [-0.15, -0.1) is 0 Å². The Kier molecular flexibility index (Phi) is 18.6. The third kappa shape index (κ3) is 18.8. The Balaban J connectivity index is 3.50. The molecule has 0 aliphatic carbocycles. The minimum absolute atomic E-state index is 0.0408. The van der Waals surface area contributed by atoms with Gasteiger partial charge in [0.2, 0.25) is 0 Å². The van der Waals surface area contributed by atoms with Gasteiger partial charge in [-0.05, 0) is 58.3 Å². The number of allylic oxidation sites excluding steroid dienone is 8. The summed E-state index contributed by atoms with van der Waals surface area (Å²) in [6, 6.07) is 0. The Morgan fingerprint density at radius 1 is 0.769 bits per heavy atom. The van der Waals surface area contributed by atoms with E-state index in [-0.39, 0.29) is 12.1 Å². The molecule has 0 aromatic carbocycles. The molecule has 0 aromatic heterocycles. The molecule has 0 rings (SSSR count). The molecule has 0 saturated carbocycles. The van der Waals surface area contributed by atoms with Crippen LogP contribution in [0.1, 0.15) is 91.4 Å². The highest BCUT2D eigenvalue weighted by Crippen LogP contribution is 2.04. The second-order valence-electron chi connectivity index (χ2n) is 6.69. The van der Waals surface area contributed by atoms with E-state index in [2.05, 4.69) is 55.5 Å². The smallest absolute Gasteiger partial charge is 0.306 e. The quantitative estimate of drug-likeness (QED) is 0.162. The zero-order chi connectivity index (χ0) is 19.3. The highest BCUT2D eigenvalue weighted by atomic mass is 16.5. The van der Waals surface area contributed by atoms with E-state index in [1.54, 1.807) is 0 Å². The maximum atomic E-state index is 11.5. The molecule has 0 bridgehead atoms. The van der Waals surface area contributed by atoms with E-state index >= 15 is 0 Å². The molecule has 2 nitrogen and oxygen atoms in total. The first-order valence-electron chi connectivity index (χ1n) is 10.5. The summed E-state index contributed by atoms with van der Waals surface area (Å²) in [7, 11) is 0. The third-order valence-electron chi connectivity index (χ3n) is 4.12. The Hall–Kier alpha value is -1.57. The lowest BCUT2D eigenvalue weighted by atomic mass is 10.2. The summed E-state index contributed by atoms with van der Waals surface area (Å²) in [4.78, 5) is 11.5. The van der Waals surface area contributed by atoms with E-state index in [1.807, 2.05) is 13.8 Å². The van der Waals surface area contributed by atoms with Gasteiger partial charge in [-0.25, -0.2) is 0 Å². The van der Waals surface area contributed by atoms with Crippen LogP contribution < -0.4 is 0 Å². The van der Waals surface area contributed by atoms with E-state index in [1.165, 1.54) is 25.7 Å². The van der Waals surface area contributed by atoms with Gasteiger partial charge in [0, 0.05) is 6.42 Å². The molecule has 0 fully saturated rings. The predicted molar refractivity (Wildman–Crippen MR) is 114 cm³/mol. The van der Waals surface area contributed by atoms with Crippen molar-refractivity contribution in [3.8, 4) is 0 Å². The largest absolute Gasteiger partial charge is 0.463 e. The van der Waals surface area contributed by atoms with Gasteiger partial charge >= 0.3 is 5.97 Å². The molecule has 0 aliphatic rings. The van der Waals surface area contributed by atoms with E-state index < -0.39 is 0 Å². The number of unbranched alkanes of at least 4 members (excludes halogenated alkanes) is 4. The van der Waals surface area contributed by atoms with Crippen LogP contribution in [-0.2, 0) is 9.53 Å². The van der Waals surface area contributed by atoms with Gasteiger partial charge in [0.1, 0.15) is 0 Å². The fourth-order valence-electron chi connectivity index (χ4n) is 2.29. The number of ether oxygens (including phenoxy) is 1. The van der Waals surface area contributed by atoms with Crippen molar-refractivity contribution in [2.45, 2.75) is 97.5 Å². The van der Waals surface area contributed by atoms with Crippen molar-refractivity contribution in [1.29, 1.82) is 0 Å². The number of carbonyl (C=O) groups excluding carboxylic acids is 1. The summed E-state index contributed by atoms with van der Waals surface area (Å²) in [6.07, 6.45) is 29.1. The van der Waals surface area contributed by atoms with Crippen LogP contribution in [0.4, 0.5) is 0 Å². The predicted octanol–water partition coefficient (Wildman–Crippen LogP) is 7.47. The maximum Gasteiger partial charge on any atom is 0.306 e. The van der Waals surface area contributed by atoms with Crippen molar-refractivity contribution in [2.24, 2.45) is 0 Å². The zero-order valence-electron chi connectivity index (χ0n) is 17.3. The highest BCUT2D eigenvalue weighted by molar-refractivity contribution is 5.69. The van der Waals surface area contributed by atoms with Gasteiger partial charge in [0.05, 0.1) is 6.10 Å². The third-order valence-corrected chi connectivity index (χ3v) is 4.12. The summed E-state index contributed by atoms with van der Waals surface area (Å²) in [6.45, 7) is 6.20. The molecule has 148 valence electrons. The maximum absolute atomic E-state index is 11.5. The lowest BCUT2D eigenvalue weighted by Gasteiger charge is -2.09. The lowest BCUT2D eigenvalue weighted by molar-refractivity contribution is -0.148. The molecule has 0 spiro atoms. The standard InChI is InChI=1S/C24H40O2/c1-4-6-7-8-9-10-11-12-13-14-15-16-17-18-19-20-21-22-24(25)26-23(3)5-2/h9-10,12-13,15-16,18-19,23H,4-8,11,14,17,20-22H2,1-3H3. The molecule has 1 unspecified atom stereocenters. The minimum atomic E-state index is -0.0739. The molecular weight excluding hydrogens is 320 g/mol. The molecular formula is C24H40O2. The fraction of sp³-hybridized carbons (Fsp3) is 0.625. The first-order valence-corrected chi connectivity index (χ1v) is 10.5. The lowest BCUT2D eigenvalue weighted by Crippen LogP contribution is -2.13. The summed E-state index contributed by atoms with van der Waals surface area (Å²) >= 11 is 0. The van der Waals surface area contributed by atoms with Crippen molar-refractivity contribution >= 4 is 5.97 Å². The molecule has 26 heavy (non-hydrogen) atoms. The van der Waals surface area contributed by atoms with E-state index in [0.29, 0.717) is 6.42 Å². The highest BCUT2D eigenvalue weighted by Gasteiger charge is 2.06. The molecule has 2 heteroatoms. The molecule has 1 atom stereocenters. The topological polar surface area (TPSA) is 26.3 Å². The van der Waals surface area contributed by atoms with Gasteiger partial charge in [-0.1, -0.05) is 75.3 Å². The average Bonchev–Trinajstić information content (AvgIpc) is 2.64. The molecule has 0 heterocycles. The van der Waals surface area contributed by atoms with Gasteiger partial charge in [-0.3, -0.25) is 4.79 Å². The first kappa shape index (κ1) is 24.4. The molecule has 0 radical (unpaired) electrons. The average molecular weight is 361 g/mol. The Morgan fingerprint density at radius 3 is 1.77 bits per heavy atom. The summed E-state index contributed by atoms with van der Waals surface area (Å²) < 4.78 is 5.24. The van der Waals surface area contributed by atoms with Crippen LogP contribution in [0.25, 0.3) is 0 Å². The molecule has 0 amide bonds. The van der Waals surface area contributed by atoms with Crippen LogP contribution in [-0.4, -0.2) is 12.1 Å². The number of hydrogen-bond donors (Lipinski definition) is 0. The Labute approximate surface area is 162 Å². The van der Waals surface area contributed by atoms with E-state index in [0.717, 1.165) is 38.5 Å². The van der Waals surface area contributed by atoms with E-state index in [9.17, 15) is 4.79 Å². The molecule has 0 N–H and O–H groups in total. The monoisotopic (exact) mass is 360 g/mol. The molecule has 0 saturated heterocycles. The van der Waals surface area contributed by atoms with Crippen molar-refractivity contribution in [3.05, 3.63) is 48.6 Å². The van der Waals surface area contributed by atoms with Crippen molar-refractivity contribution < 1.29 is 9.53 Å². The van der Waals surface area contributed by atoms with Crippen LogP contribution in [0.2, 0.25) is 0 Å². The van der Waals surface area contributed by atoms with Crippen LogP contribution in [0.5, 0.6) is 0 Å². The van der Waals surface area contributed by atoms with Gasteiger partial charge in [-0.2, -0.15) is 0 Å². The van der Waals surface area contributed by atoms with Gasteiger partial charge in [0.25, 0.3) is 0 Å². The normalized spacial score (nSPS) is 13.5. The van der Waals surface area contributed by atoms with Crippen LogP contribution in [0.3, 0.4) is 0 Å². The Bertz CT molecular complexity index is 429. The van der Waals surface area contributed by atoms with Crippen LogP contribution >= 0.6 is 0 Å².